The Morgan fingerprint density at radius 2 is 2.00 bits per heavy atom. The lowest BCUT2D eigenvalue weighted by Gasteiger charge is -2.08. The molecule has 0 fully saturated rings. The van der Waals surface area contributed by atoms with Crippen molar-refractivity contribution in [2.24, 2.45) is 10.9 Å². The van der Waals surface area contributed by atoms with Gasteiger partial charge in [-0.05, 0) is 43.2 Å². The zero-order valence-corrected chi connectivity index (χ0v) is 12.4. The fourth-order valence-corrected chi connectivity index (χ4v) is 3.03. The Morgan fingerprint density at radius 1 is 1.20 bits per heavy atom. The molecule has 104 valence electrons. The number of thioether (sulfide) groups is 1. The Kier molecular flexibility index (Phi) is 4.69. The van der Waals surface area contributed by atoms with E-state index in [4.69, 9.17) is 10.9 Å². The third-order valence-corrected chi connectivity index (χ3v) is 4.17. The molecular weight excluding hydrogens is 268 g/mol. The molecule has 0 aliphatic rings. The van der Waals surface area contributed by atoms with Crippen molar-refractivity contribution in [2.75, 3.05) is 0 Å². The minimum absolute atomic E-state index is 0.144. The summed E-state index contributed by atoms with van der Waals surface area (Å²) >= 11 is 1.81. The lowest BCUT2D eigenvalue weighted by molar-refractivity contribution is 0.318. The van der Waals surface area contributed by atoms with Gasteiger partial charge in [-0.1, -0.05) is 35.0 Å². The third kappa shape index (κ3) is 3.54. The number of benzene rings is 2. The zero-order chi connectivity index (χ0) is 14.5. The molecule has 2 aromatic carbocycles. The number of aryl methyl sites for hydroxylation is 2. The quantitative estimate of drug-likeness (QED) is 0.296. The maximum absolute atomic E-state index is 8.69. The second-order valence-corrected chi connectivity index (χ2v) is 5.78. The molecule has 2 rings (SSSR count). The maximum Gasteiger partial charge on any atom is 0.170 e. The Morgan fingerprint density at radius 3 is 2.65 bits per heavy atom. The van der Waals surface area contributed by atoms with Crippen LogP contribution in [0.5, 0.6) is 0 Å². The van der Waals surface area contributed by atoms with Gasteiger partial charge in [0.05, 0.1) is 0 Å². The molecule has 0 amide bonds. The molecule has 3 N–H and O–H groups in total. The number of amidine groups is 1. The van der Waals surface area contributed by atoms with E-state index in [2.05, 4.69) is 36.3 Å². The van der Waals surface area contributed by atoms with Crippen molar-refractivity contribution in [2.45, 2.75) is 24.5 Å². The number of rotatable bonds is 4. The summed E-state index contributed by atoms with van der Waals surface area (Å²) in [5.41, 5.74) is 10.0. The van der Waals surface area contributed by atoms with Gasteiger partial charge in [0.25, 0.3) is 0 Å². The van der Waals surface area contributed by atoms with Gasteiger partial charge >= 0.3 is 0 Å². The molecule has 0 unspecified atom stereocenters. The summed E-state index contributed by atoms with van der Waals surface area (Å²) in [6.45, 7) is 4.14. The van der Waals surface area contributed by atoms with Gasteiger partial charge < -0.3 is 10.9 Å². The summed E-state index contributed by atoms with van der Waals surface area (Å²) in [6.07, 6.45) is 0. The number of oxime groups is 1. The van der Waals surface area contributed by atoms with Crippen molar-refractivity contribution in [1.29, 1.82) is 0 Å². The van der Waals surface area contributed by atoms with E-state index >= 15 is 0 Å². The Balaban J connectivity index is 2.11. The molecule has 0 aliphatic heterocycles. The maximum atomic E-state index is 8.69. The molecule has 0 aliphatic carbocycles. The van der Waals surface area contributed by atoms with Crippen LogP contribution in [-0.4, -0.2) is 11.0 Å². The molecule has 0 bridgehead atoms. The summed E-state index contributed by atoms with van der Waals surface area (Å²) in [5.74, 6) is 1.05. The lowest BCUT2D eigenvalue weighted by Crippen LogP contribution is -2.13. The summed E-state index contributed by atoms with van der Waals surface area (Å²) in [7, 11) is 0. The van der Waals surface area contributed by atoms with E-state index in [-0.39, 0.29) is 5.84 Å². The fourth-order valence-electron chi connectivity index (χ4n) is 1.94. The number of nitrogens with two attached hydrogens (primary N) is 1. The molecule has 0 atom stereocenters. The van der Waals surface area contributed by atoms with Gasteiger partial charge in [-0.3, -0.25) is 0 Å². The van der Waals surface area contributed by atoms with Gasteiger partial charge in [0.15, 0.2) is 5.84 Å². The van der Waals surface area contributed by atoms with Gasteiger partial charge in [-0.15, -0.1) is 11.8 Å². The fraction of sp³-hybridized carbons (Fsp3) is 0.188. The van der Waals surface area contributed by atoms with Crippen molar-refractivity contribution < 1.29 is 5.21 Å². The van der Waals surface area contributed by atoms with Crippen molar-refractivity contribution in [3.63, 3.8) is 0 Å². The first-order valence-corrected chi connectivity index (χ1v) is 7.35. The first-order valence-electron chi connectivity index (χ1n) is 6.37. The average Bonchev–Trinajstić information content (AvgIpc) is 2.45. The van der Waals surface area contributed by atoms with Gasteiger partial charge in [-0.2, -0.15) is 0 Å². The predicted octanol–water partition coefficient (Wildman–Crippen LogP) is 3.69. The summed E-state index contributed by atoms with van der Waals surface area (Å²) in [6, 6.07) is 14.3. The van der Waals surface area contributed by atoms with Crippen LogP contribution in [0.15, 0.2) is 52.5 Å². The van der Waals surface area contributed by atoms with E-state index in [1.165, 1.54) is 16.0 Å². The van der Waals surface area contributed by atoms with Crippen molar-refractivity contribution in [1.82, 2.24) is 0 Å². The Hall–Kier alpha value is -1.94. The van der Waals surface area contributed by atoms with E-state index in [1.807, 2.05) is 36.9 Å². The largest absolute Gasteiger partial charge is 0.409 e. The highest BCUT2D eigenvalue weighted by atomic mass is 32.2. The summed E-state index contributed by atoms with van der Waals surface area (Å²) < 4.78 is 0. The highest BCUT2D eigenvalue weighted by molar-refractivity contribution is 7.98. The molecule has 0 saturated carbocycles. The van der Waals surface area contributed by atoms with Crippen molar-refractivity contribution >= 4 is 17.6 Å². The van der Waals surface area contributed by atoms with Crippen LogP contribution in [0.4, 0.5) is 0 Å². The van der Waals surface area contributed by atoms with Crippen molar-refractivity contribution in [3.8, 4) is 0 Å². The summed E-state index contributed by atoms with van der Waals surface area (Å²) in [4.78, 5) is 1.27. The molecule has 0 spiro atoms. The van der Waals surface area contributed by atoms with Crippen molar-refractivity contribution in [3.05, 3.63) is 64.7 Å². The molecule has 2 aromatic rings. The van der Waals surface area contributed by atoms with Crippen LogP contribution in [-0.2, 0) is 5.75 Å². The molecule has 3 nitrogen and oxygen atoms in total. The highest BCUT2D eigenvalue weighted by Crippen LogP contribution is 2.25. The Labute approximate surface area is 123 Å². The van der Waals surface area contributed by atoms with Crippen LogP contribution in [0.2, 0.25) is 0 Å². The van der Waals surface area contributed by atoms with E-state index in [0.29, 0.717) is 0 Å². The Bertz CT molecular complexity index is 638. The van der Waals surface area contributed by atoms with Gasteiger partial charge in [0.2, 0.25) is 0 Å². The van der Waals surface area contributed by atoms with Gasteiger partial charge in [0, 0.05) is 16.2 Å². The second kappa shape index (κ2) is 6.48. The molecule has 0 saturated heterocycles. The molecular formula is C16H18N2OS. The van der Waals surface area contributed by atoms with Crippen LogP contribution >= 0.6 is 11.8 Å². The van der Waals surface area contributed by atoms with Crippen LogP contribution in [0.3, 0.4) is 0 Å². The topological polar surface area (TPSA) is 58.6 Å². The van der Waals surface area contributed by atoms with E-state index in [9.17, 15) is 0 Å². The summed E-state index contributed by atoms with van der Waals surface area (Å²) in [5, 5.41) is 11.7. The van der Waals surface area contributed by atoms with E-state index in [1.54, 1.807) is 0 Å². The predicted molar refractivity (Wildman–Crippen MR) is 84.4 cm³/mol. The molecule has 0 heterocycles. The van der Waals surface area contributed by atoms with Crippen LogP contribution in [0.1, 0.15) is 22.3 Å². The number of nitrogens with zero attached hydrogens (tertiary/aromatic N) is 1. The lowest BCUT2D eigenvalue weighted by atomic mass is 10.1. The molecule has 0 radical (unpaired) electrons. The smallest absolute Gasteiger partial charge is 0.170 e. The SMILES string of the molecule is Cc1cccc(SCc2ccc(/C(N)=N/O)cc2C)c1. The minimum atomic E-state index is 0.144. The molecule has 4 heteroatoms. The number of hydrogen-bond acceptors (Lipinski definition) is 3. The molecule has 20 heavy (non-hydrogen) atoms. The van der Waals surface area contributed by atoms with Crippen LogP contribution in [0, 0.1) is 13.8 Å². The highest BCUT2D eigenvalue weighted by Gasteiger charge is 2.04. The normalized spacial score (nSPS) is 11.6. The second-order valence-electron chi connectivity index (χ2n) is 4.73. The average molecular weight is 286 g/mol. The van der Waals surface area contributed by atoms with E-state index in [0.717, 1.165) is 16.9 Å². The van der Waals surface area contributed by atoms with Gasteiger partial charge in [0.1, 0.15) is 0 Å². The first-order chi connectivity index (χ1) is 9.60. The zero-order valence-electron chi connectivity index (χ0n) is 11.6. The van der Waals surface area contributed by atoms with Crippen LogP contribution < -0.4 is 5.73 Å². The van der Waals surface area contributed by atoms with E-state index < -0.39 is 0 Å². The number of hydrogen-bond donors (Lipinski definition) is 2. The minimum Gasteiger partial charge on any atom is -0.409 e. The van der Waals surface area contributed by atoms with Gasteiger partial charge in [-0.25, -0.2) is 0 Å². The third-order valence-electron chi connectivity index (χ3n) is 3.13. The van der Waals surface area contributed by atoms with Crippen LogP contribution in [0.25, 0.3) is 0 Å². The molecule has 0 aromatic heterocycles. The first kappa shape index (κ1) is 14.5. The monoisotopic (exact) mass is 286 g/mol. The standard InChI is InChI=1S/C16H18N2OS/c1-11-4-3-5-15(8-11)20-10-14-7-6-13(9-12(14)2)16(17)18-19/h3-9,19H,10H2,1-2H3,(H2,17,18).